The number of carbonyl (C=O) groups is 2. The fourth-order valence-corrected chi connectivity index (χ4v) is 1.03. The van der Waals surface area contributed by atoms with Crippen LogP contribution in [0.3, 0.4) is 0 Å². The highest BCUT2D eigenvalue weighted by atomic mass is 16.4. The fraction of sp³-hybridized carbons (Fsp3) is 0.818. The molecule has 0 aromatic rings. The zero-order valence-electron chi connectivity index (χ0n) is 10.2. The summed E-state index contributed by atoms with van der Waals surface area (Å²) in [7, 11) is 1.54. The van der Waals surface area contributed by atoms with Gasteiger partial charge in [0.15, 0.2) is 0 Å². The monoisotopic (exact) mass is 215 g/mol. The van der Waals surface area contributed by atoms with Gasteiger partial charge in [0, 0.05) is 13.5 Å². The highest BCUT2D eigenvalue weighted by molar-refractivity contribution is 5.86. The van der Waals surface area contributed by atoms with E-state index in [1.807, 2.05) is 13.8 Å². The second kappa shape index (κ2) is 5.14. The molecule has 88 valence electrons. The predicted molar refractivity (Wildman–Crippen MR) is 58.6 cm³/mol. The Bertz CT molecular complexity index is 248. The predicted octanol–water partition coefficient (Wildman–Crippen LogP) is 1.74. The van der Waals surface area contributed by atoms with Crippen molar-refractivity contribution in [2.24, 2.45) is 5.92 Å². The molecular weight excluding hydrogens is 194 g/mol. The Kier molecular flexibility index (Phi) is 4.78. The summed E-state index contributed by atoms with van der Waals surface area (Å²) in [5, 5.41) is 8.96. The van der Waals surface area contributed by atoms with Crippen molar-refractivity contribution in [1.82, 2.24) is 4.90 Å². The highest BCUT2D eigenvalue weighted by Crippen LogP contribution is 2.16. The number of aliphatic carboxylic acids is 1. The molecular formula is C11H21NO3. The molecule has 0 aromatic heterocycles. The third-order valence-electron chi connectivity index (χ3n) is 2.96. The molecule has 0 aromatic carbocycles. The Morgan fingerprint density at radius 3 is 2.20 bits per heavy atom. The van der Waals surface area contributed by atoms with Gasteiger partial charge in [0.2, 0.25) is 5.91 Å². The first kappa shape index (κ1) is 13.9. The Morgan fingerprint density at radius 1 is 1.40 bits per heavy atom. The third kappa shape index (κ3) is 3.53. The average Bonchev–Trinajstić information content (AvgIpc) is 2.15. The van der Waals surface area contributed by atoms with Crippen LogP contribution in [0.15, 0.2) is 0 Å². The second-order valence-electron chi connectivity index (χ2n) is 4.53. The summed E-state index contributed by atoms with van der Waals surface area (Å²) in [6.45, 7) is 7.06. The first-order chi connectivity index (χ1) is 6.73. The van der Waals surface area contributed by atoms with Crippen LogP contribution in [0.4, 0.5) is 0 Å². The average molecular weight is 215 g/mol. The molecule has 0 aliphatic heterocycles. The number of likely N-dealkylation sites (N-methyl/N-ethyl adjacent to an activating group) is 1. The molecule has 0 radical (unpaired) electrons. The molecule has 0 aliphatic carbocycles. The molecule has 0 spiro atoms. The number of hydrogen-bond acceptors (Lipinski definition) is 2. The van der Waals surface area contributed by atoms with Crippen LogP contribution in [0, 0.1) is 5.92 Å². The highest BCUT2D eigenvalue weighted by Gasteiger charge is 2.35. The fourth-order valence-electron chi connectivity index (χ4n) is 1.03. The van der Waals surface area contributed by atoms with Gasteiger partial charge in [0.05, 0.1) is 0 Å². The first-order valence-electron chi connectivity index (χ1n) is 5.23. The number of carboxylic acids is 1. The van der Waals surface area contributed by atoms with E-state index in [0.29, 0.717) is 12.3 Å². The van der Waals surface area contributed by atoms with Gasteiger partial charge in [-0.05, 0) is 19.8 Å². The van der Waals surface area contributed by atoms with E-state index in [9.17, 15) is 9.59 Å². The molecule has 0 saturated carbocycles. The van der Waals surface area contributed by atoms with Crippen LogP contribution in [0.25, 0.3) is 0 Å². The Hall–Kier alpha value is -1.06. The lowest BCUT2D eigenvalue weighted by Gasteiger charge is -2.32. The minimum Gasteiger partial charge on any atom is -0.480 e. The molecule has 0 rings (SSSR count). The van der Waals surface area contributed by atoms with Crippen LogP contribution >= 0.6 is 0 Å². The normalized spacial score (nSPS) is 13.4. The molecule has 15 heavy (non-hydrogen) atoms. The van der Waals surface area contributed by atoms with E-state index in [0.717, 1.165) is 6.42 Å². The van der Waals surface area contributed by atoms with Crippen molar-refractivity contribution < 1.29 is 14.7 Å². The van der Waals surface area contributed by atoms with Gasteiger partial charge in [-0.15, -0.1) is 0 Å². The van der Waals surface area contributed by atoms with Crippen molar-refractivity contribution in [2.75, 3.05) is 7.05 Å². The molecule has 0 saturated heterocycles. The Morgan fingerprint density at radius 2 is 1.87 bits per heavy atom. The van der Waals surface area contributed by atoms with E-state index in [-0.39, 0.29) is 5.91 Å². The molecule has 1 atom stereocenters. The van der Waals surface area contributed by atoms with Gasteiger partial charge in [0.25, 0.3) is 0 Å². The smallest absolute Gasteiger partial charge is 0.329 e. The van der Waals surface area contributed by atoms with Gasteiger partial charge in [-0.2, -0.15) is 0 Å². The molecule has 0 fully saturated rings. The van der Waals surface area contributed by atoms with E-state index >= 15 is 0 Å². The molecule has 1 N–H and O–H groups in total. The van der Waals surface area contributed by atoms with Gasteiger partial charge < -0.3 is 10.0 Å². The summed E-state index contributed by atoms with van der Waals surface area (Å²) in [6.07, 6.45) is 1.33. The maximum absolute atomic E-state index is 11.7. The lowest BCUT2D eigenvalue weighted by molar-refractivity contribution is -0.155. The Labute approximate surface area is 91.3 Å². The number of hydrogen-bond donors (Lipinski definition) is 1. The van der Waals surface area contributed by atoms with Crippen LogP contribution in [-0.4, -0.2) is 34.5 Å². The Balaban J connectivity index is 4.51. The van der Waals surface area contributed by atoms with Crippen molar-refractivity contribution in [3.8, 4) is 0 Å². The molecule has 0 aliphatic rings. The zero-order valence-corrected chi connectivity index (χ0v) is 10.2. The quantitative estimate of drug-likeness (QED) is 0.760. The van der Waals surface area contributed by atoms with Crippen LogP contribution < -0.4 is 0 Å². The van der Waals surface area contributed by atoms with Crippen molar-refractivity contribution in [2.45, 2.75) is 46.1 Å². The summed E-state index contributed by atoms with van der Waals surface area (Å²) in [4.78, 5) is 24.0. The van der Waals surface area contributed by atoms with Crippen molar-refractivity contribution >= 4 is 11.9 Å². The lowest BCUT2D eigenvalue weighted by Crippen LogP contribution is -2.51. The maximum Gasteiger partial charge on any atom is 0.329 e. The summed E-state index contributed by atoms with van der Waals surface area (Å²) in [5.41, 5.74) is -1.13. The third-order valence-corrected chi connectivity index (χ3v) is 2.96. The molecule has 4 nitrogen and oxygen atoms in total. The SMILES string of the molecule is CCC(C)CC(=O)N(C)C(C)(C)C(=O)O. The standard InChI is InChI=1S/C11H21NO3/c1-6-8(2)7-9(13)12(5)11(3,4)10(14)15/h8H,6-7H2,1-5H3,(H,14,15). The van der Waals surface area contributed by atoms with Crippen molar-refractivity contribution in [1.29, 1.82) is 0 Å². The molecule has 0 heterocycles. The van der Waals surface area contributed by atoms with Crippen LogP contribution in [-0.2, 0) is 9.59 Å². The summed E-state index contributed by atoms with van der Waals surface area (Å²) >= 11 is 0. The van der Waals surface area contributed by atoms with E-state index < -0.39 is 11.5 Å². The van der Waals surface area contributed by atoms with Gasteiger partial charge in [-0.1, -0.05) is 20.3 Å². The van der Waals surface area contributed by atoms with E-state index in [2.05, 4.69) is 0 Å². The van der Waals surface area contributed by atoms with Crippen LogP contribution in [0.5, 0.6) is 0 Å². The van der Waals surface area contributed by atoms with Gasteiger partial charge >= 0.3 is 5.97 Å². The minimum absolute atomic E-state index is 0.114. The van der Waals surface area contributed by atoms with Gasteiger partial charge in [-0.3, -0.25) is 4.79 Å². The number of rotatable bonds is 5. The maximum atomic E-state index is 11.7. The molecule has 1 amide bonds. The summed E-state index contributed by atoms with van der Waals surface area (Å²) in [5.74, 6) is -0.802. The van der Waals surface area contributed by atoms with E-state index in [4.69, 9.17) is 5.11 Å². The van der Waals surface area contributed by atoms with Gasteiger partial charge in [-0.25, -0.2) is 4.79 Å². The molecule has 1 unspecified atom stereocenters. The summed E-state index contributed by atoms with van der Waals surface area (Å²) < 4.78 is 0. The van der Waals surface area contributed by atoms with Crippen LogP contribution in [0.2, 0.25) is 0 Å². The number of amides is 1. The van der Waals surface area contributed by atoms with Crippen molar-refractivity contribution in [3.05, 3.63) is 0 Å². The topological polar surface area (TPSA) is 57.6 Å². The van der Waals surface area contributed by atoms with E-state index in [1.165, 1.54) is 18.7 Å². The minimum atomic E-state index is -1.13. The number of carboxylic acid groups (broad SMARTS) is 1. The number of nitrogens with zero attached hydrogens (tertiary/aromatic N) is 1. The van der Waals surface area contributed by atoms with E-state index in [1.54, 1.807) is 7.05 Å². The number of carbonyl (C=O) groups excluding carboxylic acids is 1. The molecule has 4 heteroatoms. The van der Waals surface area contributed by atoms with Gasteiger partial charge in [0.1, 0.15) is 5.54 Å². The summed E-state index contributed by atoms with van der Waals surface area (Å²) in [6, 6.07) is 0. The largest absolute Gasteiger partial charge is 0.480 e. The van der Waals surface area contributed by atoms with Crippen molar-refractivity contribution in [3.63, 3.8) is 0 Å². The van der Waals surface area contributed by atoms with Crippen LogP contribution in [0.1, 0.15) is 40.5 Å². The lowest BCUT2D eigenvalue weighted by atomic mass is 10.00. The first-order valence-corrected chi connectivity index (χ1v) is 5.23. The molecule has 0 bridgehead atoms. The zero-order chi connectivity index (χ0) is 12.2. The second-order valence-corrected chi connectivity index (χ2v) is 4.53.